The van der Waals surface area contributed by atoms with Gasteiger partial charge in [-0.05, 0) is 63.3 Å². The van der Waals surface area contributed by atoms with Gasteiger partial charge in [0.1, 0.15) is 16.5 Å². The highest BCUT2D eigenvalue weighted by molar-refractivity contribution is 7.13. The number of carbonyl (C=O) groups excluding carboxylic acids is 1. The van der Waals surface area contributed by atoms with E-state index >= 15 is 0 Å². The van der Waals surface area contributed by atoms with Gasteiger partial charge in [-0.2, -0.15) is 0 Å². The number of nitrogens with zero attached hydrogens (tertiary/aromatic N) is 3. The maximum Gasteiger partial charge on any atom is 0.275 e. The number of rotatable bonds is 5. The van der Waals surface area contributed by atoms with Crippen molar-refractivity contribution >= 4 is 28.6 Å². The van der Waals surface area contributed by atoms with Gasteiger partial charge in [0.25, 0.3) is 5.91 Å². The van der Waals surface area contributed by atoms with E-state index in [0.717, 1.165) is 30.9 Å². The molecule has 1 aromatic heterocycles. The fourth-order valence-corrected chi connectivity index (χ4v) is 4.38. The Bertz CT molecular complexity index is 1050. The second kappa shape index (κ2) is 8.53. The predicted octanol–water partition coefficient (Wildman–Crippen LogP) is 4.65. The standard InChI is InChI=1S/C23H25FN4OS/c1-15-4-5-16(12-20(15)24)23-26-21(14-30-23)22(29)25-17-6-8-18(9-7-17)28-11-10-19(13-28)27(2)3/h4-9,12,14,19H,10-11,13H2,1-3H3,(H,25,29). The number of hydrogen-bond acceptors (Lipinski definition) is 5. The number of hydrogen-bond donors (Lipinski definition) is 1. The van der Waals surface area contributed by atoms with Crippen LogP contribution in [0.5, 0.6) is 0 Å². The van der Waals surface area contributed by atoms with E-state index < -0.39 is 0 Å². The van der Waals surface area contributed by atoms with Crippen molar-refractivity contribution in [3.8, 4) is 10.6 Å². The van der Waals surface area contributed by atoms with Gasteiger partial charge in [-0.3, -0.25) is 4.79 Å². The monoisotopic (exact) mass is 424 g/mol. The first kappa shape index (κ1) is 20.5. The minimum atomic E-state index is -0.274. The highest BCUT2D eigenvalue weighted by Crippen LogP contribution is 2.27. The number of halogens is 1. The van der Waals surface area contributed by atoms with Gasteiger partial charge in [0, 0.05) is 41.4 Å². The van der Waals surface area contributed by atoms with Gasteiger partial charge < -0.3 is 15.1 Å². The summed E-state index contributed by atoms with van der Waals surface area (Å²) in [4.78, 5) is 21.6. The largest absolute Gasteiger partial charge is 0.370 e. The zero-order valence-electron chi connectivity index (χ0n) is 17.4. The zero-order valence-corrected chi connectivity index (χ0v) is 18.2. The van der Waals surface area contributed by atoms with Crippen LogP contribution in [0.4, 0.5) is 15.8 Å². The number of benzene rings is 2. The Kier molecular flexibility index (Phi) is 5.83. The molecule has 1 fully saturated rings. The SMILES string of the molecule is Cc1ccc(-c2nc(C(=O)Nc3ccc(N4CCC(N(C)C)C4)cc3)cs2)cc1F. The summed E-state index contributed by atoms with van der Waals surface area (Å²) in [6.07, 6.45) is 1.16. The molecule has 1 N–H and O–H groups in total. The molecule has 156 valence electrons. The second-order valence-corrected chi connectivity index (χ2v) is 8.71. The number of thiazole rings is 1. The molecule has 2 heterocycles. The molecule has 1 aliphatic rings. The van der Waals surface area contributed by atoms with Gasteiger partial charge >= 0.3 is 0 Å². The lowest BCUT2D eigenvalue weighted by molar-refractivity contribution is 0.102. The molecule has 1 atom stereocenters. The normalized spacial score (nSPS) is 16.3. The van der Waals surface area contributed by atoms with Gasteiger partial charge in [-0.25, -0.2) is 9.37 Å². The Morgan fingerprint density at radius 1 is 1.23 bits per heavy atom. The molecule has 1 saturated heterocycles. The Morgan fingerprint density at radius 2 is 2.00 bits per heavy atom. The van der Waals surface area contributed by atoms with Crippen LogP contribution in [0, 0.1) is 12.7 Å². The van der Waals surface area contributed by atoms with E-state index in [9.17, 15) is 9.18 Å². The van der Waals surface area contributed by atoms with E-state index in [-0.39, 0.29) is 11.7 Å². The molecule has 3 aromatic rings. The third-order valence-electron chi connectivity index (χ3n) is 5.54. The molecule has 1 amide bonds. The van der Waals surface area contributed by atoms with E-state index in [1.165, 1.54) is 17.4 Å². The summed E-state index contributed by atoms with van der Waals surface area (Å²) in [6, 6.07) is 13.5. The number of carbonyl (C=O) groups is 1. The fourth-order valence-electron chi connectivity index (χ4n) is 3.59. The second-order valence-electron chi connectivity index (χ2n) is 7.85. The molecule has 0 spiro atoms. The Hall–Kier alpha value is -2.77. The Morgan fingerprint density at radius 3 is 2.67 bits per heavy atom. The van der Waals surface area contributed by atoms with Gasteiger partial charge in [-0.1, -0.05) is 12.1 Å². The minimum Gasteiger partial charge on any atom is -0.370 e. The van der Waals surface area contributed by atoms with Crippen LogP contribution in [-0.2, 0) is 0 Å². The van der Waals surface area contributed by atoms with Crippen molar-refractivity contribution in [3.05, 3.63) is 64.9 Å². The maximum absolute atomic E-state index is 13.8. The number of aryl methyl sites for hydroxylation is 1. The van der Waals surface area contributed by atoms with Crippen molar-refractivity contribution in [1.82, 2.24) is 9.88 Å². The molecule has 5 nitrogen and oxygen atoms in total. The lowest BCUT2D eigenvalue weighted by Crippen LogP contribution is -2.31. The van der Waals surface area contributed by atoms with E-state index in [4.69, 9.17) is 0 Å². The molecule has 30 heavy (non-hydrogen) atoms. The van der Waals surface area contributed by atoms with Gasteiger partial charge in [0.15, 0.2) is 0 Å². The molecular formula is C23H25FN4OS. The van der Waals surface area contributed by atoms with Gasteiger partial charge in [0.2, 0.25) is 0 Å². The van der Waals surface area contributed by atoms with E-state index in [1.54, 1.807) is 18.4 Å². The Balaban J connectivity index is 1.41. The number of likely N-dealkylation sites (N-methyl/N-ethyl adjacent to an activating group) is 1. The lowest BCUT2D eigenvalue weighted by atomic mass is 10.1. The average molecular weight is 425 g/mol. The molecule has 0 radical (unpaired) electrons. The summed E-state index contributed by atoms with van der Waals surface area (Å²) >= 11 is 1.33. The number of aromatic nitrogens is 1. The highest BCUT2D eigenvalue weighted by atomic mass is 32.1. The van der Waals surface area contributed by atoms with Crippen LogP contribution in [0.15, 0.2) is 47.8 Å². The summed E-state index contributed by atoms with van der Waals surface area (Å²) in [7, 11) is 4.23. The number of anilines is 2. The minimum absolute atomic E-state index is 0.272. The third kappa shape index (κ3) is 4.37. The van der Waals surface area contributed by atoms with E-state index in [0.29, 0.717) is 27.9 Å². The van der Waals surface area contributed by atoms with Crippen molar-refractivity contribution in [2.45, 2.75) is 19.4 Å². The number of amides is 1. The highest BCUT2D eigenvalue weighted by Gasteiger charge is 2.24. The van der Waals surface area contributed by atoms with Crippen LogP contribution in [0.3, 0.4) is 0 Å². The van der Waals surface area contributed by atoms with E-state index in [2.05, 4.69) is 34.2 Å². The average Bonchev–Trinajstić information content (AvgIpc) is 3.41. The zero-order chi connectivity index (χ0) is 21.3. The first-order valence-electron chi connectivity index (χ1n) is 9.95. The van der Waals surface area contributed by atoms with Crippen LogP contribution < -0.4 is 10.2 Å². The van der Waals surface area contributed by atoms with Crippen LogP contribution in [0.1, 0.15) is 22.5 Å². The smallest absolute Gasteiger partial charge is 0.275 e. The summed E-state index contributed by atoms with van der Waals surface area (Å²) in [5.74, 6) is -0.546. The molecule has 0 saturated carbocycles. The van der Waals surface area contributed by atoms with Crippen molar-refractivity contribution in [3.63, 3.8) is 0 Å². The fraction of sp³-hybridized carbons (Fsp3) is 0.304. The molecule has 0 aliphatic carbocycles. The summed E-state index contributed by atoms with van der Waals surface area (Å²) in [5.41, 5.74) is 3.47. The first-order valence-corrected chi connectivity index (χ1v) is 10.8. The summed E-state index contributed by atoms with van der Waals surface area (Å²) < 4.78 is 13.8. The summed E-state index contributed by atoms with van der Waals surface area (Å²) in [6.45, 7) is 3.77. The molecule has 4 rings (SSSR count). The molecule has 0 bridgehead atoms. The molecule has 1 aliphatic heterocycles. The Labute approximate surface area is 180 Å². The van der Waals surface area contributed by atoms with E-state index in [1.807, 2.05) is 30.3 Å². The van der Waals surface area contributed by atoms with Crippen molar-refractivity contribution in [2.24, 2.45) is 0 Å². The van der Waals surface area contributed by atoms with Crippen LogP contribution in [0.2, 0.25) is 0 Å². The van der Waals surface area contributed by atoms with Crippen molar-refractivity contribution < 1.29 is 9.18 Å². The van der Waals surface area contributed by atoms with Gasteiger partial charge in [-0.15, -0.1) is 11.3 Å². The topological polar surface area (TPSA) is 48.5 Å². The molecule has 7 heteroatoms. The van der Waals surface area contributed by atoms with Crippen molar-refractivity contribution in [1.29, 1.82) is 0 Å². The van der Waals surface area contributed by atoms with Crippen molar-refractivity contribution in [2.75, 3.05) is 37.4 Å². The quantitative estimate of drug-likeness (QED) is 0.648. The molecule has 2 aromatic carbocycles. The number of nitrogens with one attached hydrogen (secondary N) is 1. The van der Waals surface area contributed by atoms with Crippen LogP contribution >= 0.6 is 11.3 Å². The summed E-state index contributed by atoms with van der Waals surface area (Å²) in [5, 5.41) is 5.21. The predicted molar refractivity (Wildman–Crippen MR) is 121 cm³/mol. The van der Waals surface area contributed by atoms with Gasteiger partial charge in [0.05, 0.1) is 0 Å². The van der Waals surface area contributed by atoms with Crippen LogP contribution in [0.25, 0.3) is 10.6 Å². The molecule has 1 unspecified atom stereocenters. The first-order chi connectivity index (χ1) is 14.4. The maximum atomic E-state index is 13.8. The molecular weight excluding hydrogens is 399 g/mol. The third-order valence-corrected chi connectivity index (χ3v) is 6.43. The van der Waals surface area contributed by atoms with Crippen LogP contribution in [-0.4, -0.2) is 49.0 Å². The lowest BCUT2D eigenvalue weighted by Gasteiger charge is -2.22.